The molecule has 0 N–H and O–H groups in total. The second kappa shape index (κ2) is 7.14. The Morgan fingerprint density at radius 2 is 2.38 bits per heavy atom. The Morgan fingerprint density at radius 3 is 2.81 bits per heavy atom. The van der Waals surface area contributed by atoms with E-state index in [0.29, 0.717) is 4.47 Å². The van der Waals surface area contributed by atoms with Gasteiger partial charge in [0.25, 0.3) is 0 Å². The summed E-state index contributed by atoms with van der Waals surface area (Å²) < 4.78 is 0.601. The summed E-state index contributed by atoms with van der Waals surface area (Å²) in [7, 11) is 0. The Hall–Kier alpha value is -0.260. The van der Waals surface area contributed by atoms with Crippen LogP contribution >= 0.6 is 34.7 Å². The predicted octanol–water partition coefficient (Wildman–Crippen LogP) is 3.36. The van der Waals surface area contributed by atoms with Crippen LogP contribution in [-0.2, 0) is 6.54 Å². The Bertz CT molecular complexity index is 352. The summed E-state index contributed by atoms with van der Waals surface area (Å²) in [5.41, 5.74) is 0. The number of aliphatic imine (C=N–C) groups is 1. The lowest BCUT2D eigenvalue weighted by atomic mass is 10.5. The van der Waals surface area contributed by atoms with E-state index < -0.39 is 0 Å². The van der Waals surface area contributed by atoms with Gasteiger partial charge in [-0.2, -0.15) is 0 Å². The van der Waals surface area contributed by atoms with E-state index in [-0.39, 0.29) is 0 Å². The molecule has 16 heavy (non-hydrogen) atoms. The first-order valence-electron chi connectivity index (χ1n) is 5.14. The lowest BCUT2D eigenvalue weighted by Crippen LogP contribution is -2.27. The highest BCUT2D eigenvalue weighted by Gasteiger charge is 2.10. The smallest absolute Gasteiger partial charge is 0.183 e. The van der Waals surface area contributed by atoms with Crippen molar-refractivity contribution in [1.82, 2.24) is 9.88 Å². The predicted molar refractivity (Wildman–Crippen MR) is 74.7 cm³/mol. The van der Waals surface area contributed by atoms with E-state index in [2.05, 4.69) is 28.1 Å². The topological polar surface area (TPSA) is 28.5 Å². The van der Waals surface area contributed by atoms with Gasteiger partial charge in [-0.15, -0.1) is 11.3 Å². The second-order valence-electron chi connectivity index (χ2n) is 3.05. The molecule has 0 radical (unpaired) electrons. The highest BCUT2D eigenvalue weighted by atomic mass is 35.5. The van der Waals surface area contributed by atoms with Gasteiger partial charge in [-0.05, 0) is 20.1 Å². The standard InChI is InChI=1S/C10H16ClN3S2/c1-4-12-10(15-3)14(5-2)7-8-6-13-9(11)16-8/h6H,4-5,7H2,1-3H3. The van der Waals surface area contributed by atoms with Gasteiger partial charge in [-0.25, -0.2) is 4.98 Å². The molecule has 6 heteroatoms. The van der Waals surface area contributed by atoms with Crippen LogP contribution in [0.15, 0.2) is 11.2 Å². The number of thiazole rings is 1. The van der Waals surface area contributed by atoms with Gasteiger partial charge < -0.3 is 4.90 Å². The minimum Gasteiger partial charge on any atom is -0.347 e. The van der Waals surface area contributed by atoms with Crippen LogP contribution in [0.3, 0.4) is 0 Å². The molecule has 0 unspecified atom stereocenters. The van der Waals surface area contributed by atoms with Crippen LogP contribution in [0.4, 0.5) is 0 Å². The van der Waals surface area contributed by atoms with Crippen molar-refractivity contribution in [2.24, 2.45) is 4.99 Å². The molecule has 1 aromatic rings. The molecule has 0 aliphatic rings. The normalized spacial score (nSPS) is 11.9. The van der Waals surface area contributed by atoms with Crippen LogP contribution in [0.1, 0.15) is 18.7 Å². The molecule has 0 atom stereocenters. The Labute approximate surface area is 110 Å². The van der Waals surface area contributed by atoms with E-state index in [4.69, 9.17) is 11.6 Å². The number of halogens is 1. The van der Waals surface area contributed by atoms with E-state index in [1.54, 1.807) is 11.8 Å². The van der Waals surface area contributed by atoms with Crippen LogP contribution in [0, 0.1) is 0 Å². The van der Waals surface area contributed by atoms with E-state index in [1.165, 1.54) is 16.2 Å². The summed E-state index contributed by atoms with van der Waals surface area (Å²) in [5, 5.41) is 1.08. The quantitative estimate of drug-likeness (QED) is 0.624. The molecule has 0 aliphatic heterocycles. The van der Waals surface area contributed by atoms with Gasteiger partial charge in [-0.1, -0.05) is 23.4 Å². The number of hydrogen-bond acceptors (Lipinski definition) is 4. The minimum absolute atomic E-state index is 0.601. The molecule has 1 rings (SSSR count). The Kier molecular flexibility index (Phi) is 6.16. The van der Waals surface area contributed by atoms with Gasteiger partial charge in [0.2, 0.25) is 0 Å². The van der Waals surface area contributed by atoms with Crippen molar-refractivity contribution in [2.75, 3.05) is 19.3 Å². The van der Waals surface area contributed by atoms with Crippen LogP contribution in [0.2, 0.25) is 4.47 Å². The first-order valence-corrected chi connectivity index (χ1v) is 7.56. The number of thioether (sulfide) groups is 1. The molecule has 0 spiro atoms. The Morgan fingerprint density at radius 1 is 1.62 bits per heavy atom. The van der Waals surface area contributed by atoms with E-state index >= 15 is 0 Å². The lowest BCUT2D eigenvalue weighted by molar-refractivity contribution is 0.446. The maximum atomic E-state index is 5.82. The van der Waals surface area contributed by atoms with Gasteiger partial charge in [0.05, 0.1) is 6.54 Å². The monoisotopic (exact) mass is 277 g/mol. The molecule has 0 aromatic carbocycles. The van der Waals surface area contributed by atoms with Gasteiger partial charge in [-0.3, -0.25) is 4.99 Å². The van der Waals surface area contributed by atoms with Crippen molar-refractivity contribution < 1.29 is 0 Å². The molecule has 1 heterocycles. The Balaban J connectivity index is 2.71. The number of nitrogens with zero attached hydrogens (tertiary/aromatic N) is 3. The summed E-state index contributed by atoms with van der Waals surface area (Å²) in [4.78, 5) is 11.9. The molecular weight excluding hydrogens is 262 g/mol. The molecule has 0 aliphatic carbocycles. The highest BCUT2D eigenvalue weighted by molar-refractivity contribution is 8.13. The molecule has 0 fully saturated rings. The minimum atomic E-state index is 0.601. The van der Waals surface area contributed by atoms with Crippen molar-refractivity contribution in [3.8, 4) is 0 Å². The number of hydrogen-bond donors (Lipinski definition) is 0. The summed E-state index contributed by atoms with van der Waals surface area (Å²) in [6.45, 7) is 6.77. The summed E-state index contributed by atoms with van der Waals surface area (Å²) in [5.74, 6) is 0. The molecule has 0 saturated heterocycles. The van der Waals surface area contributed by atoms with Gasteiger partial charge >= 0.3 is 0 Å². The summed E-state index contributed by atoms with van der Waals surface area (Å²) >= 11 is 9.02. The van der Waals surface area contributed by atoms with E-state index in [9.17, 15) is 0 Å². The van der Waals surface area contributed by atoms with Crippen molar-refractivity contribution in [3.05, 3.63) is 15.5 Å². The SMILES string of the molecule is CCN=C(SC)N(CC)Cc1cnc(Cl)s1. The van der Waals surface area contributed by atoms with Gasteiger partial charge in [0, 0.05) is 24.2 Å². The summed E-state index contributed by atoms with van der Waals surface area (Å²) in [6, 6.07) is 0. The fraction of sp³-hybridized carbons (Fsp3) is 0.600. The van der Waals surface area contributed by atoms with Crippen molar-refractivity contribution >= 4 is 39.9 Å². The summed E-state index contributed by atoms with van der Waals surface area (Å²) in [6.07, 6.45) is 3.89. The number of rotatable bonds is 4. The average molecular weight is 278 g/mol. The largest absolute Gasteiger partial charge is 0.347 e. The third-order valence-electron chi connectivity index (χ3n) is 2.00. The van der Waals surface area contributed by atoms with E-state index in [0.717, 1.165) is 24.8 Å². The van der Waals surface area contributed by atoms with Crippen LogP contribution in [-0.4, -0.2) is 34.4 Å². The van der Waals surface area contributed by atoms with Crippen LogP contribution in [0.5, 0.6) is 0 Å². The first kappa shape index (κ1) is 13.8. The van der Waals surface area contributed by atoms with Gasteiger partial charge in [0.1, 0.15) is 0 Å². The molecule has 3 nitrogen and oxygen atoms in total. The van der Waals surface area contributed by atoms with Gasteiger partial charge in [0.15, 0.2) is 9.63 Å². The van der Waals surface area contributed by atoms with Crippen molar-refractivity contribution in [3.63, 3.8) is 0 Å². The molecule has 0 amide bonds. The molecule has 0 bridgehead atoms. The zero-order valence-electron chi connectivity index (χ0n) is 9.73. The zero-order chi connectivity index (χ0) is 12.0. The third-order valence-corrected chi connectivity index (χ3v) is 3.85. The van der Waals surface area contributed by atoms with Crippen LogP contribution in [0.25, 0.3) is 0 Å². The highest BCUT2D eigenvalue weighted by Crippen LogP contribution is 2.20. The molecule has 0 saturated carbocycles. The zero-order valence-corrected chi connectivity index (χ0v) is 12.1. The second-order valence-corrected chi connectivity index (χ2v) is 5.53. The maximum Gasteiger partial charge on any atom is 0.183 e. The van der Waals surface area contributed by atoms with Crippen molar-refractivity contribution in [1.29, 1.82) is 0 Å². The lowest BCUT2D eigenvalue weighted by Gasteiger charge is -2.22. The van der Waals surface area contributed by atoms with E-state index in [1.807, 2.05) is 13.1 Å². The average Bonchev–Trinajstić information content (AvgIpc) is 2.69. The third kappa shape index (κ3) is 3.96. The number of aromatic nitrogens is 1. The van der Waals surface area contributed by atoms with Crippen LogP contribution < -0.4 is 0 Å². The molecular formula is C10H16ClN3S2. The fourth-order valence-electron chi connectivity index (χ4n) is 1.29. The molecule has 90 valence electrons. The molecule has 1 aromatic heterocycles. The number of amidine groups is 1. The van der Waals surface area contributed by atoms with Crippen molar-refractivity contribution in [2.45, 2.75) is 20.4 Å². The maximum absolute atomic E-state index is 5.82. The first-order chi connectivity index (χ1) is 7.71. The fourth-order valence-corrected chi connectivity index (χ4v) is 2.99.